The average molecular weight is 391 g/mol. The molecular formula is C17H29BrNO4-. The van der Waals surface area contributed by atoms with Gasteiger partial charge in [-0.15, -0.1) is 0 Å². The van der Waals surface area contributed by atoms with Gasteiger partial charge in [-0.2, -0.15) is 0 Å². The molecule has 0 bridgehead atoms. The van der Waals surface area contributed by atoms with Gasteiger partial charge in [-0.1, -0.05) is 12.1 Å². The zero-order valence-electron chi connectivity index (χ0n) is 14.5. The van der Waals surface area contributed by atoms with Crippen molar-refractivity contribution < 1.29 is 41.2 Å². The number of carbonyl (C=O) groups excluding carboxylic acids is 1. The van der Waals surface area contributed by atoms with Crippen LogP contribution in [-0.4, -0.2) is 56.0 Å². The number of hydrogen-bond donors (Lipinski definition) is 1. The minimum Gasteiger partial charge on any atom is -1.00 e. The van der Waals surface area contributed by atoms with Crippen LogP contribution in [0.1, 0.15) is 37.0 Å². The maximum Gasteiger partial charge on any atom is 0.119 e. The summed E-state index contributed by atoms with van der Waals surface area (Å²) >= 11 is 0. The summed E-state index contributed by atoms with van der Waals surface area (Å²) in [5, 5.41) is 18.9. The van der Waals surface area contributed by atoms with Gasteiger partial charge in [-0.25, -0.2) is 0 Å². The summed E-state index contributed by atoms with van der Waals surface area (Å²) in [5.74, 6) is -0.671. The molecular weight excluding hydrogens is 362 g/mol. The van der Waals surface area contributed by atoms with E-state index in [1.807, 2.05) is 0 Å². The number of quaternary nitrogens is 1. The van der Waals surface area contributed by atoms with Crippen LogP contribution >= 0.6 is 0 Å². The highest BCUT2D eigenvalue weighted by molar-refractivity contribution is 5.86. The van der Waals surface area contributed by atoms with Crippen molar-refractivity contribution in [3.8, 4) is 5.75 Å². The van der Waals surface area contributed by atoms with Gasteiger partial charge in [-0.3, -0.25) is 0 Å². The molecule has 23 heavy (non-hydrogen) atoms. The molecule has 0 aliphatic heterocycles. The predicted octanol–water partition coefficient (Wildman–Crippen LogP) is -1.69. The number of benzene rings is 1. The average Bonchev–Trinajstić information content (AvgIpc) is 2.55. The number of ether oxygens (including phenoxy) is 1. The Labute approximate surface area is 150 Å². The number of aliphatic hydroxyl groups is 1. The second-order valence-corrected chi connectivity index (χ2v) is 5.43. The maximum atomic E-state index is 10.3. The summed E-state index contributed by atoms with van der Waals surface area (Å²) in [5.41, 5.74) is 0.129. The first kappa shape index (κ1) is 24.1. The third-order valence-corrected chi connectivity index (χ3v) is 3.94. The van der Waals surface area contributed by atoms with Crippen LogP contribution < -0.4 is 26.8 Å². The second-order valence-electron chi connectivity index (χ2n) is 5.43. The first-order valence-electron chi connectivity index (χ1n) is 7.72. The highest BCUT2D eigenvalue weighted by atomic mass is 79.9. The zero-order valence-corrected chi connectivity index (χ0v) is 16.1. The highest BCUT2D eigenvalue weighted by Crippen LogP contribution is 2.11. The Morgan fingerprint density at radius 3 is 2.30 bits per heavy atom. The van der Waals surface area contributed by atoms with E-state index in [9.17, 15) is 9.90 Å². The van der Waals surface area contributed by atoms with Gasteiger partial charge >= 0.3 is 0 Å². The number of carboxylic acids is 1. The van der Waals surface area contributed by atoms with Crippen molar-refractivity contribution >= 4 is 5.97 Å². The largest absolute Gasteiger partial charge is 1.00 e. The summed E-state index contributed by atoms with van der Waals surface area (Å²) in [6, 6.07) is 6.14. The molecule has 0 saturated heterocycles. The molecule has 0 saturated carbocycles. The van der Waals surface area contributed by atoms with E-state index in [2.05, 4.69) is 20.9 Å². The number of rotatable bonds is 8. The Kier molecular flexibility index (Phi) is 14.0. The van der Waals surface area contributed by atoms with Gasteiger partial charge in [0.15, 0.2) is 0 Å². The second kappa shape index (κ2) is 13.3. The van der Waals surface area contributed by atoms with Crippen LogP contribution in [0.25, 0.3) is 0 Å². The summed E-state index contributed by atoms with van der Waals surface area (Å²) in [6.07, 6.45) is 2.10. The SMILES string of the molecule is CC[N+](C)(CC)CCCCO.COc1cccc(C(=O)[O-])c1.[Br-]. The molecule has 0 heterocycles. The smallest absolute Gasteiger partial charge is 0.119 e. The first-order chi connectivity index (χ1) is 10.4. The number of methoxy groups -OCH3 is 1. The minimum absolute atomic E-state index is 0. The van der Waals surface area contributed by atoms with Crippen molar-refractivity contribution in [1.29, 1.82) is 0 Å². The molecule has 0 atom stereocenters. The van der Waals surface area contributed by atoms with E-state index in [1.54, 1.807) is 12.1 Å². The maximum absolute atomic E-state index is 10.3. The van der Waals surface area contributed by atoms with E-state index in [4.69, 9.17) is 9.84 Å². The van der Waals surface area contributed by atoms with Crippen molar-refractivity contribution in [2.24, 2.45) is 0 Å². The van der Waals surface area contributed by atoms with Crippen molar-refractivity contribution in [1.82, 2.24) is 0 Å². The monoisotopic (exact) mass is 390 g/mol. The number of aliphatic hydroxyl groups excluding tert-OH is 1. The number of carboxylic acid groups (broad SMARTS) is 1. The lowest BCUT2D eigenvalue weighted by atomic mass is 10.2. The number of halogens is 1. The number of hydrogen-bond acceptors (Lipinski definition) is 4. The Morgan fingerprint density at radius 1 is 1.26 bits per heavy atom. The third kappa shape index (κ3) is 10.3. The fraction of sp³-hybridized carbons (Fsp3) is 0.588. The molecule has 0 aliphatic rings. The molecule has 0 spiro atoms. The van der Waals surface area contributed by atoms with Gasteiger partial charge in [0.2, 0.25) is 0 Å². The normalized spacial score (nSPS) is 10.1. The summed E-state index contributed by atoms with van der Waals surface area (Å²) < 4.78 is 5.95. The molecule has 0 aliphatic carbocycles. The van der Waals surface area contributed by atoms with Crippen LogP contribution in [0.3, 0.4) is 0 Å². The van der Waals surface area contributed by atoms with E-state index >= 15 is 0 Å². The summed E-state index contributed by atoms with van der Waals surface area (Å²) in [4.78, 5) is 10.3. The van der Waals surface area contributed by atoms with Gasteiger partial charge < -0.3 is 41.2 Å². The van der Waals surface area contributed by atoms with Gasteiger partial charge in [0, 0.05) is 12.2 Å². The van der Waals surface area contributed by atoms with Crippen molar-refractivity contribution in [3.05, 3.63) is 29.8 Å². The fourth-order valence-electron chi connectivity index (χ4n) is 1.90. The highest BCUT2D eigenvalue weighted by Gasteiger charge is 2.14. The lowest BCUT2D eigenvalue weighted by Crippen LogP contribution is -3.00. The van der Waals surface area contributed by atoms with Crippen LogP contribution in [-0.2, 0) is 0 Å². The molecule has 1 rings (SSSR count). The standard InChI is InChI=1S/C9H22NO.C8H8O3.BrH/c1-4-10(3,5-2)8-6-7-9-11;1-11-7-4-2-3-6(5-7)8(9)10;/h11H,4-9H2,1-3H3;2-5H,1H3,(H,9,10);1H/q+1;;/p-2. The van der Waals surface area contributed by atoms with E-state index in [-0.39, 0.29) is 22.5 Å². The fourth-order valence-corrected chi connectivity index (χ4v) is 1.90. The van der Waals surface area contributed by atoms with Gasteiger partial charge in [0.25, 0.3) is 0 Å². The van der Waals surface area contributed by atoms with Crippen molar-refractivity contribution in [2.75, 3.05) is 40.4 Å². The summed E-state index contributed by atoms with van der Waals surface area (Å²) in [7, 11) is 3.76. The van der Waals surface area contributed by atoms with Crippen molar-refractivity contribution in [2.45, 2.75) is 26.7 Å². The Morgan fingerprint density at radius 2 is 1.87 bits per heavy atom. The molecule has 0 aromatic heterocycles. The number of aromatic carboxylic acids is 1. The molecule has 134 valence electrons. The molecule has 6 heteroatoms. The molecule has 5 nitrogen and oxygen atoms in total. The van der Waals surface area contributed by atoms with Crippen molar-refractivity contribution in [3.63, 3.8) is 0 Å². The van der Waals surface area contributed by atoms with E-state index in [1.165, 1.54) is 38.9 Å². The lowest BCUT2D eigenvalue weighted by Gasteiger charge is -2.32. The molecule has 1 aromatic rings. The number of nitrogens with zero attached hydrogens (tertiary/aromatic N) is 1. The Balaban J connectivity index is 0. The predicted molar refractivity (Wildman–Crippen MR) is 85.8 cm³/mol. The van der Waals surface area contributed by atoms with Gasteiger partial charge in [0.05, 0.1) is 39.8 Å². The topological polar surface area (TPSA) is 69.6 Å². The molecule has 1 N–H and O–H groups in total. The summed E-state index contributed by atoms with van der Waals surface area (Å²) in [6.45, 7) is 8.38. The minimum atomic E-state index is -1.19. The quantitative estimate of drug-likeness (QED) is 0.424. The Bertz CT molecular complexity index is 436. The van der Waals surface area contributed by atoms with E-state index < -0.39 is 5.97 Å². The molecule has 0 amide bonds. The Hall–Kier alpha value is -1.11. The molecule has 0 unspecified atom stereocenters. The van der Waals surface area contributed by atoms with Crippen LogP contribution in [0.5, 0.6) is 5.75 Å². The molecule has 0 fully saturated rings. The van der Waals surface area contributed by atoms with Gasteiger partial charge in [0.1, 0.15) is 5.75 Å². The number of carbonyl (C=O) groups is 1. The van der Waals surface area contributed by atoms with Crippen LogP contribution in [0, 0.1) is 0 Å². The molecule has 0 radical (unpaired) electrons. The molecule has 1 aromatic carbocycles. The van der Waals surface area contributed by atoms with Crippen LogP contribution in [0.2, 0.25) is 0 Å². The number of unbranched alkanes of at least 4 members (excludes halogenated alkanes) is 1. The van der Waals surface area contributed by atoms with Crippen LogP contribution in [0.15, 0.2) is 24.3 Å². The van der Waals surface area contributed by atoms with E-state index in [0.29, 0.717) is 12.4 Å². The zero-order chi connectivity index (χ0) is 17.0. The van der Waals surface area contributed by atoms with Gasteiger partial charge in [-0.05, 0) is 38.8 Å². The van der Waals surface area contributed by atoms with E-state index in [0.717, 1.165) is 17.3 Å². The van der Waals surface area contributed by atoms with Crippen LogP contribution in [0.4, 0.5) is 0 Å². The lowest BCUT2D eigenvalue weighted by molar-refractivity contribution is -0.906. The third-order valence-electron chi connectivity index (χ3n) is 3.94. The first-order valence-corrected chi connectivity index (χ1v) is 7.72.